The molecule has 5 aromatic rings. The Labute approximate surface area is 144 Å². The second-order valence-corrected chi connectivity index (χ2v) is 6.15. The van der Waals surface area contributed by atoms with Crippen molar-refractivity contribution in [2.24, 2.45) is 0 Å². The Kier molecular flexibility index (Phi) is 3.01. The van der Waals surface area contributed by atoms with Gasteiger partial charge in [0.2, 0.25) is 0 Å². The Morgan fingerprint density at radius 1 is 0.840 bits per heavy atom. The molecule has 0 saturated heterocycles. The second kappa shape index (κ2) is 5.35. The predicted molar refractivity (Wildman–Crippen MR) is 103 cm³/mol. The lowest BCUT2D eigenvalue weighted by atomic mass is 10.0. The highest BCUT2D eigenvalue weighted by molar-refractivity contribution is 6.13. The summed E-state index contributed by atoms with van der Waals surface area (Å²) in [6.07, 6.45) is 1.89. The van der Waals surface area contributed by atoms with Crippen molar-refractivity contribution in [1.29, 1.82) is 0 Å². The highest BCUT2D eigenvalue weighted by atomic mass is 16.5. The van der Waals surface area contributed by atoms with Crippen LogP contribution < -0.4 is 4.74 Å². The van der Waals surface area contributed by atoms with Crippen molar-refractivity contribution in [3.05, 3.63) is 72.9 Å². The molecule has 0 atom stereocenters. The topological polar surface area (TPSA) is 37.9 Å². The van der Waals surface area contributed by atoms with Gasteiger partial charge >= 0.3 is 0 Å². The van der Waals surface area contributed by atoms with E-state index in [1.165, 1.54) is 21.5 Å². The predicted octanol–water partition coefficient (Wildman–Crippen LogP) is 5.54. The summed E-state index contributed by atoms with van der Waals surface area (Å²) in [5.41, 5.74) is 4.23. The average Bonchev–Trinajstić information content (AvgIpc) is 3.05. The number of H-pyrrole nitrogens is 1. The fourth-order valence-electron chi connectivity index (χ4n) is 3.57. The zero-order chi connectivity index (χ0) is 16.8. The van der Waals surface area contributed by atoms with E-state index >= 15 is 0 Å². The van der Waals surface area contributed by atoms with Gasteiger partial charge in [0, 0.05) is 28.6 Å². The molecule has 0 aliphatic carbocycles. The number of fused-ring (bicyclic) bond motifs is 4. The van der Waals surface area contributed by atoms with Crippen LogP contribution in [0.5, 0.6) is 5.75 Å². The number of pyridine rings is 1. The van der Waals surface area contributed by atoms with Crippen LogP contribution >= 0.6 is 0 Å². The number of hydrogen-bond donors (Lipinski definition) is 1. The SMILES string of the molecule is COc1ccc2c(c1)[nH]c1c(-c3cccc4ccccc34)nccc12. The zero-order valence-electron chi connectivity index (χ0n) is 13.8. The largest absolute Gasteiger partial charge is 0.497 e. The molecule has 120 valence electrons. The fraction of sp³-hybridized carbons (Fsp3) is 0.0455. The molecule has 1 N–H and O–H groups in total. The maximum Gasteiger partial charge on any atom is 0.120 e. The lowest BCUT2D eigenvalue weighted by Crippen LogP contribution is -1.87. The summed E-state index contributed by atoms with van der Waals surface area (Å²) in [7, 11) is 1.69. The van der Waals surface area contributed by atoms with Gasteiger partial charge in [0.05, 0.1) is 23.8 Å². The summed E-state index contributed by atoms with van der Waals surface area (Å²) >= 11 is 0. The van der Waals surface area contributed by atoms with Crippen LogP contribution in [0.25, 0.3) is 43.8 Å². The standard InChI is InChI=1S/C22H16N2O/c1-25-15-9-10-17-19-11-12-23-21(22(19)24-20(17)13-15)18-8-4-6-14-5-2-3-7-16(14)18/h2-13,24H,1H3. The van der Waals surface area contributed by atoms with Crippen LogP contribution in [-0.2, 0) is 0 Å². The van der Waals surface area contributed by atoms with Gasteiger partial charge < -0.3 is 9.72 Å². The van der Waals surface area contributed by atoms with E-state index in [-0.39, 0.29) is 0 Å². The van der Waals surface area contributed by atoms with E-state index in [9.17, 15) is 0 Å². The number of hydrogen-bond acceptors (Lipinski definition) is 2. The Morgan fingerprint density at radius 2 is 1.72 bits per heavy atom. The number of methoxy groups -OCH3 is 1. The molecule has 0 amide bonds. The zero-order valence-corrected chi connectivity index (χ0v) is 13.8. The minimum atomic E-state index is 0.846. The molecule has 0 spiro atoms. The minimum Gasteiger partial charge on any atom is -0.497 e. The minimum absolute atomic E-state index is 0.846. The van der Waals surface area contributed by atoms with Crippen LogP contribution in [0.15, 0.2) is 72.9 Å². The van der Waals surface area contributed by atoms with E-state index in [1.807, 2.05) is 18.3 Å². The molecule has 0 bridgehead atoms. The van der Waals surface area contributed by atoms with E-state index in [0.29, 0.717) is 0 Å². The van der Waals surface area contributed by atoms with E-state index in [0.717, 1.165) is 28.0 Å². The number of aromatic nitrogens is 2. The molecular formula is C22H16N2O. The Hall–Kier alpha value is -3.33. The second-order valence-electron chi connectivity index (χ2n) is 6.15. The van der Waals surface area contributed by atoms with Gasteiger partial charge in [0.15, 0.2) is 0 Å². The Bertz CT molecular complexity index is 1230. The summed E-state index contributed by atoms with van der Waals surface area (Å²) in [6.45, 7) is 0. The molecule has 5 rings (SSSR count). The molecule has 0 radical (unpaired) electrons. The van der Waals surface area contributed by atoms with Crippen LogP contribution in [0.4, 0.5) is 0 Å². The normalized spacial score (nSPS) is 11.4. The van der Waals surface area contributed by atoms with Gasteiger partial charge in [-0.25, -0.2) is 0 Å². The van der Waals surface area contributed by atoms with Crippen molar-refractivity contribution in [1.82, 2.24) is 9.97 Å². The molecule has 3 aromatic carbocycles. The van der Waals surface area contributed by atoms with Gasteiger partial charge in [-0.3, -0.25) is 4.98 Å². The smallest absolute Gasteiger partial charge is 0.120 e. The third kappa shape index (κ3) is 2.09. The van der Waals surface area contributed by atoms with Crippen LogP contribution in [0.3, 0.4) is 0 Å². The number of benzene rings is 3. The van der Waals surface area contributed by atoms with Crippen LogP contribution in [0.2, 0.25) is 0 Å². The van der Waals surface area contributed by atoms with Gasteiger partial charge in [-0.05, 0) is 29.0 Å². The van der Waals surface area contributed by atoms with Gasteiger partial charge in [-0.15, -0.1) is 0 Å². The first-order valence-electron chi connectivity index (χ1n) is 8.28. The highest BCUT2D eigenvalue weighted by Gasteiger charge is 2.13. The van der Waals surface area contributed by atoms with Crippen molar-refractivity contribution in [2.75, 3.05) is 7.11 Å². The van der Waals surface area contributed by atoms with Crippen LogP contribution in [-0.4, -0.2) is 17.1 Å². The van der Waals surface area contributed by atoms with Crippen molar-refractivity contribution >= 4 is 32.6 Å². The van der Waals surface area contributed by atoms with Crippen molar-refractivity contribution in [2.45, 2.75) is 0 Å². The van der Waals surface area contributed by atoms with Crippen molar-refractivity contribution in [3.8, 4) is 17.0 Å². The Balaban J connectivity index is 1.87. The monoisotopic (exact) mass is 324 g/mol. The van der Waals surface area contributed by atoms with Crippen molar-refractivity contribution < 1.29 is 4.74 Å². The van der Waals surface area contributed by atoms with E-state index in [2.05, 4.69) is 59.6 Å². The number of nitrogens with one attached hydrogen (secondary N) is 1. The van der Waals surface area contributed by atoms with E-state index in [4.69, 9.17) is 9.72 Å². The molecule has 0 fully saturated rings. The van der Waals surface area contributed by atoms with Gasteiger partial charge in [-0.2, -0.15) is 0 Å². The third-order valence-corrected chi connectivity index (χ3v) is 4.77. The third-order valence-electron chi connectivity index (χ3n) is 4.77. The first-order valence-corrected chi connectivity index (χ1v) is 8.28. The highest BCUT2D eigenvalue weighted by Crippen LogP contribution is 2.35. The molecular weight excluding hydrogens is 308 g/mol. The molecule has 0 saturated carbocycles. The molecule has 3 heteroatoms. The fourth-order valence-corrected chi connectivity index (χ4v) is 3.57. The molecule has 0 aliphatic heterocycles. The Morgan fingerprint density at radius 3 is 2.64 bits per heavy atom. The maximum atomic E-state index is 5.36. The van der Waals surface area contributed by atoms with E-state index in [1.54, 1.807) is 7.11 Å². The average molecular weight is 324 g/mol. The van der Waals surface area contributed by atoms with Gasteiger partial charge in [0.1, 0.15) is 5.75 Å². The molecule has 0 unspecified atom stereocenters. The number of rotatable bonds is 2. The lowest BCUT2D eigenvalue weighted by Gasteiger charge is -2.07. The number of aromatic amines is 1. The molecule has 2 heterocycles. The quantitative estimate of drug-likeness (QED) is 0.462. The summed E-state index contributed by atoms with van der Waals surface area (Å²) in [4.78, 5) is 8.24. The first-order chi connectivity index (χ1) is 12.3. The molecule has 25 heavy (non-hydrogen) atoms. The molecule has 0 aliphatic rings. The lowest BCUT2D eigenvalue weighted by molar-refractivity contribution is 0.415. The van der Waals surface area contributed by atoms with Crippen LogP contribution in [0, 0.1) is 0 Å². The summed E-state index contributed by atoms with van der Waals surface area (Å²) in [6, 6.07) is 23.0. The van der Waals surface area contributed by atoms with Gasteiger partial charge in [-0.1, -0.05) is 42.5 Å². The van der Waals surface area contributed by atoms with Crippen LogP contribution in [0.1, 0.15) is 0 Å². The maximum absolute atomic E-state index is 5.36. The first kappa shape index (κ1) is 14.1. The van der Waals surface area contributed by atoms with E-state index < -0.39 is 0 Å². The summed E-state index contributed by atoms with van der Waals surface area (Å²) in [5, 5.41) is 4.79. The van der Waals surface area contributed by atoms with Crippen molar-refractivity contribution in [3.63, 3.8) is 0 Å². The molecule has 2 aromatic heterocycles. The number of ether oxygens (including phenoxy) is 1. The summed E-state index contributed by atoms with van der Waals surface area (Å²) in [5.74, 6) is 0.846. The molecule has 3 nitrogen and oxygen atoms in total. The summed E-state index contributed by atoms with van der Waals surface area (Å²) < 4.78 is 5.36. The number of nitrogens with zero attached hydrogens (tertiary/aromatic N) is 1. The van der Waals surface area contributed by atoms with Gasteiger partial charge in [0.25, 0.3) is 0 Å².